The fraction of sp³-hybridized carbons (Fsp3) is 0.105. The van der Waals surface area contributed by atoms with Crippen molar-refractivity contribution >= 4 is 40.8 Å². The molecule has 0 fully saturated rings. The van der Waals surface area contributed by atoms with E-state index < -0.39 is 0 Å². The molecule has 0 radical (unpaired) electrons. The Bertz CT molecular complexity index is 1060. The molecular formula is C19H14Cl2N4S. The third-order valence-corrected chi connectivity index (χ3v) is 5.15. The average Bonchev–Trinajstić information content (AvgIpc) is 3.05. The Morgan fingerprint density at radius 3 is 2.58 bits per heavy atom. The Kier molecular flexibility index (Phi) is 5.89. The molecule has 0 spiro atoms. The van der Waals surface area contributed by atoms with E-state index in [0.29, 0.717) is 22.2 Å². The molecule has 1 heterocycles. The largest absolute Gasteiger partial charge is 0.258 e. The number of hydrogen-bond acceptors (Lipinski definition) is 4. The molecule has 0 atom stereocenters. The zero-order chi connectivity index (χ0) is 18.5. The first-order valence-electron chi connectivity index (χ1n) is 7.83. The van der Waals surface area contributed by atoms with E-state index >= 15 is 0 Å². The van der Waals surface area contributed by atoms with Crippen LogP contribution in [0.25, 0.3) is 11.3 Å². The molecule has 3 aromatic rings. The summed E-state index contributed by atoms with van der Waals surface area (Å²) in [6.07, 6.45) is 1.74. The Balaban J connectivity index is 2.05. The van der Waals surface area contributed by atoms with Crippen molar-refractivity contribution in [3.8, 4) is 17.3 Å². The molecule has 130 valence electrons. The minimum Gasteiger partial charge on any atom is -0.258 e. The summed E-state index contributed by atoms with van der Waals surface area (Å²) in [7, 11) is 0. The number of halogens is 2. The highest BCUT2D eigenvalue weighted by molar-refractivity contribution is 7.07. The third-order valence-electron chi connectivity index (χ3n) is 3.56. The van der Waals surface area contributed by atoms with Crippen LogP contribution >= 0.6 is 34.5 Å². The number of aromatic nitrogens is 1. The van der Waals surface area contributed by atoms with Crippen molar-refractivity contribution in [2.75, 3.05) is 6.54 Å². The van der Waals surface area contributed by atoms with Crippen molar-refractivity contribution in [1.82, 2.24) is 4.68 Å². The molecule has 0 saturated carbocycles. The van der Waals surface area contributed by atoms with Crippen LogP contribution in [0.4, 0.5) is 0 Å². The zero-order valence-corrected chi connectivity index (χ0v) is 16.2. The summed E-state index contributed by atoms with van der Waals surface area (Å²) in [5.74, 6) is 0. The van der Waals surface area contributed by atoms with Gasteiger partial charge in [0.05, 0.1) is 33.6 Å². The second kappa shape index (κ2) is 8.33. The molecule has 4 nitrogen and oxygen atoms in total. The van der Waals surface area contributed by atoms with Gasteiger partial charge < -0.3 is 0 Å². The van der Waals surface area contributed by atoms with E-state index in [4.69, 9.17) is 28.5 Å². The molecule has 0 aliphatic rings. The molecule has 0 aliphatic carbocycles. The maximum absolute atomic E-state index is 8.89. The third kappa shape index (κ3) is 4.05. The van der Waals surface area contributed by atoms with Crippen molar-refractivity contribution in [3.05, 3.63) is 73.8 Å². The minimum atomic E-state index is 0.493. The topological polar surface area (TPSA) is 53.4 Å². The summed E-state index contributed by atoms with van der Waals surface area (Å²) in [5, 5.41) is 16.5. The highest BCUT2D eigenvalue weighted by Gasteiger charge is 2.09. The molecule has 3 rings (SSSR count). The van der Waals surface area contributed by atoms with Crippen LogP contribution in [0.2, 0.25) is 10.0 Å². The first-order chi connectivity index (χ1) is 12.6. The van der Waals surface area contributed by atoms with Gasteiger partial charge in [-0.25, -0.2) is 4.68 Å². The lowest BCUT2D eigenvalue weighted by Gasteiger charge is -2.05. The molecule has 0 bridgehead atoms. The van der Waals surface area contributed by atoms with E-state index in [-0.39, 0.29) is 0 Å². The van der Waals surface area contributed by atoms with Gasteiger partial charge in [0.15, 0.2) is 0 Å². The second-order valence-electron chi connectivity index (χ2n) is 5.30. The standard InChI is InChI=1S/C19H14Cl2N4S/c1-2-23-19-25(24-11-14-5-3-13(10-22)4-6-14)18(12-26-19)15-7-8-16(20)17(21)9-15/h3-9,11-12H,2H2,1H3. The first kappa shape index (κ1) is 18.4. The molecule has 0 saturated heterocycles. The van der Waals surface area contributed by atoms with Crippen molar-refractivity contribution in [3.63, 3.8) is 0 Å². The lowest BCUT2D eigenvalue weighted by atomic mass is 10.2. The van der Waals surface area contributed by atoms with Gasteiger partial charge in [0.2, 0.25) is 4.80 Å². The summed E-state index contributed by atoms with van der Waals surface area (Å²) in [5.41, 5.74) is 3.30. The molecule has 0 aliphatic heterocycles. The van der Waals surface area contributed by atoms with Crippen molar-refractivity contribution in [2.24, 2.45) is 10.1 Å². The van der Waals surface area contributed by atoms with E-state index in [0.717, 1.165) is 21.6 Å². The number of thiazole rings is 1. The average molecular weight is 401 g/mol. The number of benzene rings is 2. The number of nitrogens with zero attached hydrogens (tertiary/aromatic N) is 4. The van der Waals surface area contributed by atoms with Gasteiger partial charge in [0, 0.05) is 17.5 Å². The monoisotopic (exact) mass is 400 g/mol. The van der Waals surface area contributed by atoms with Crippen LogP contribution in [0, 0.1) is 11.3 Å². The summed E-state index contributed by atoms with van der Waals surface area (Å²) < 4.78 is 1.78. The maximum Gasteiger partial charge on any atom is 0.206 e. The van der Waals surface area contributed by atoms with Gasteiger partial charge in [-0.3, -0.25) is 4.99 Å². The predicted octanol–water partition coefficient (Wildman–Crippen LogP) is 5.20. The van der Waals surface area contributed by atoms with E-state index in [1.807, 2.05) is 36.6 Å². The Hall–Kier alpha value is -2.39. The summed E-state index contributed by atoms with van der Waals surface area (Å²) in [4.78, 5) is 5.29. The van der Waals surface area contributed by atoms with Crippen LogP contribution in [-0.4, -0.2) is 17.4 Å². The molecule has 2 aromatic carbocycles. The van der Waals surface area contributed by atoms with Crippen LogP contribution in [0.3, 0.4) is 0 Å². The van der Waals surface area contributed by atoms with Crippen LogP contribution in [0.15, 0.2) is 57.9 Å². The molecule has 7 heteroatoms. The molecule has 0 unspecified atom stereocenters. The lowest BCUT2D eigenvalue weighted by Crippen LogP contribution is -2.12. The minimum absolute atomic E-state index is 0.493. The normalized spacial score (nSPS) is 11.8. The Morgan fingerprint density at radius 1 is 1.15 bits per heavy atom. The number of rotatable bonds is 4. The van der Waals surface area contributed by atoms with Crippen LogP contribution < -0.4 is 4.80 Å². The van der Waals surface area contributed by atoms with E-state index in [2.05, 4.69) is 16.2 Å². The van der Waals surface area contributed by atoms with Gasteiger partial charge in [-0.05, 0) is 36.8 Å². The van der Waals surface area contributed by atoms with Gasteiger partial charge in [-0.15, -0.1) is 11.3 Å². The molecule has 1 aromatic heterocycles. The maximum atomic E-state index is 8.89. The van der Waals surface area contributed by atoms with E-state index in [9.17, 15) is 0 Å². The smallest absolute Gasteiger partial charge is 0.206 e. The highest BCUT2D eigenvalue weighted by Crippen LogP contribution is 2.28. The van der Waals surface area contributed by atoms with Crippen LogP contribution in [-0.2, 0) is 0 Å². The quantitative estimate of drug-likeness (QED) is 0.555. The van der Waals surface area contributed by atoms with E-state index in [1.54, 1.807) is 29.1 Å². The van der Waals surface area contributed by atoms with Crippen molar-refractivity contribution in [1.29, 1.82) is 5.26 Å². The Morgan fingerprint density at radius 2 is 1.92 bits per heavy atom. The highest BCUT2D eigenvalue weighted by atomic mass is 35.5. The summed E-state index contributed by atoms with van der Waals surface area (Å²) in [6.45, 7) is 2.64. The van der Waals surface area contributed by atoms with Crippen LogP contribution in [0.5, 0.6) is 0 Å². The van der Waals surface area contributed by atoms with Crippen LogP contribution in [0.1, 0.15) is 18.1 Å². The number of hydrogen-bond donors (Lipinski definition) is 0. The van der Waals surface area contributed by atoms with Gasteiger partial charge >= 0.3 is 0 Å². The van der Waals surface area contributed by atoms with Gasteiger partial charge in [0.25, 0.3) is 0 Å². The van der Waals surface area contributed by atoms with Crippen molar-refractivity contribution in [2.45, 2.75) is 6.92 Å². The SMILES string of the molecule is CCN=c1scc(-c2ccc(Cl)c(Cl)c2)n1N=Cc1ccc(C#N)cc1. The van der Waals surface area contributed by atoms with E-state index in [1.165, 1.54) is 11.3 Å². The lowest BCUT2D eigenvalue weighted by molar-refractivity contribution is 0.833. The second-order valence-corrected chi connectivity index (χ2v) is 6.95. The van der Waals surface area contributed by atoms with Gasteiger partial charge in [0.1, 0.15) is 0 Å². The predicted molar refractivity (Wildman–Crippen MR) is 108 cm³/mol. The van der Waals surface area contributed by atoms with Crippen molar-refractivity contribution < 1.29 is 0 Å². The van der Waals surface area contributed by atoms with Gasteiger partial charge in [-0.1, -0.05) is 41.4 Å². The molecular weight excluding hydrogens is 387 g/mol. The molecule has 26 heavy (non-hydrogen) atoms. The summed E-state index contributed by atoms with van der Waals surface area (Å²) in [6, 6.07) is 14.8. The fourth-order valence-corrected chi connectivity index (χ4v) is 3.48. The Labute approximate surface area is 165 Å². The number of nitriles is 1. The fourth-order valence-electron chi connectivity index (χ4n) is 2.28. The zero-order valence-electron chi connectivity index (χ0n) is 13.9. The summed E-state index contributed by atoms with van der Waals surface area (Å²) >= 11 is 13.7. The first-order valence-corrected chi connectivity index (χ1v) is 9.47. The molecule has 0 N–H and O–H groups in total. The molecule has 0 amide bonds. The van der Waals surface area contributed by atoms with Gasteiger partial charge in [-0.2, -0.15) is 10.4 Å².